The van der Waals surface area contributed by atoms with E-state index in [1.165, 1.54) is 6.07 Å². The van der Waals surface area contributed by atoms with E-state index >= 15 is 0 Å². The SMILES string of the molecule is Cc1nn(C)c(C)c1[C@@H]1COCCN1Cc1ccc(C#N)cc1F. The summed E-state index contributed by atoms with van der Waals surface area (Å²) in [5.74, 6) is -0.334. The van der Waals surface area contributed by atoms with Gasteiger partial charge in [-0.2, -0.15) is 10.4 Å². The van der Waals surface area contributed by atoms with Crippen molar-refractivity contribution in [2.24, 2.45) is 7.05 Å². The fraction of sp³-hybridized carbons (Fsp3) is 0.444. The van der Waals surface area contributed by atoms with Crippen LogP contribution in [0.2, 0.25) is 0 Å². The predicted octanol–water partition coefficient (Wildman–Crippen LogP) is 2.62. The molecule has 3 rings (SSSR count). The molecule has 126 valence electrons. The smallest absolute Gasteiger partial charge is 0.129 e. The average molecular weight is 328 g/mol. The molecule has 1 aromatic carbocycles. The molecule has 0 saturated carbocycles. The second-order valence-electron chi connectivity index (χ2n) is 6.19. The summed E-state index contributed by atoms with van der Waals surface area (Å²) in [6, 6.07) is 6.68. The highest BCUT2D eigenvalue weighted by Gasteiger charge is 2.29. The van der Waals surface area contributed by atoms with Crippen molar-refractivity contribution in [3.8, 4) is 6.07 Å². The van der Waals surface area contributed by atoms with Crippen LogP contribution in [0.15, 0.2) is 18.2 Å². The second kappa shape index (κ2) is 6.71. The molecule has 1 aliphatic rings. The first-order chi connectivity index (χ1) is 11.5. The monoisotopic (exact) mass is 328 g/mol. The maximum atomic E-state index is 14.3. The van der Waals surface area contributed by atoms with E-state index in [0.717, 1.165) is 23.5 Å². The van der Waals surface area contributed by atoms with Gasteiger partial charge in [0.05, 0.1) is 36.6 Å². The molecule has 0 unspecified atom stereocenters. The lowest BCUT2D eigenvalue weighted by molar-refractivity contribution is -0.0136. The Morgan fingerprint density at radius 2 is 2.21 bits per heavy atom. The number of hydrogen-bond donors (Lipinski definition) is 0. The normalized spacial score (nSPS) is 18.5. The minimum absolute atomic E-state index is 0.0579. The van der Waals surface area contributed by atoms with Gasteiger partial charge < -0.3 is 4.74 Å². The Labute approximate surface area is 141 Å². The van der Waals surface area contributed by atoms with Gasteiger partial charge in [-0.25, -0.2) is 4.39 Å². The van der Waals surface area contributed by atoms with E-state index in [2.05, 4.69) is 10.00 Å². The Hall–Kier alpha value is -2.23. The van der Waals surface area contributed by atoms with Crippen LogP contribution in [0, 0.1) is 31.0 Å². The Morgan fingerprint density at radius 3 is 2.83 bits per heavy atom. The molecule has 1 aliphatic heterocycles. The number of hydrogen-bond acceptors (Lipinski definition) is 4. The fourth-order valence-corrected chi connectivity index (χ4v) is 3.33. The van der Waals surface area contributed by atoms with Gasteiger partial charge in [0.25, 0.3) is 0 Å². The van der Waals surface area contributed by atoms with Gasteiger partial charge in [-0.05, 0) is 26.0 Å². The highest BCUT2D eigenvalue weighted by molar-refractivity contribution is 5.33. The first kappa shape index (κ1) is 16.6. The molecule has 0 amide bonds. The number of halogens is 1. The molecule has 24 heavy (non-hydrogen) atoms. The number of morpholine rings is 1. The van der Waals surface area contributed by atoms with E-state index in [4.69, 9.17) is 10.00 Å². The number of aryl methyl sites for hydroxylation is 2. The highest BCUT2D eigenvalue weighted by atomic mass is 19.1. The molecule has 0 radical (unpaired) electrons. The molecular formula is C18H21FN4O. The van der Waals surface area contributed by atoms with Crippen LogP contribution in [-0.2, 0) is 18.3 Å². The maximum absolute atomic E-state index is 14.3. The van der Waals surface area contributed by atoms with Gasteiger partial charge in [0.2, 0.25) is 0 Å². The van der Waals surface area contributed by atoms with Crippen LogP contribution in [0.1, 0.15) is 34.1 Å². The van der Waals surface area contributed by atoms with Crippen LogP contribution in [0.5, 0.6) is 0 Å². The Kier molecular flexibility index (Phi) is 4.65. The molecular weight excluding hydrogens is 307 g/mol. The third kappa shape index (κ3) is 3.05. The highest BCUT2D eigenvalue weighted by Crippen LogP contribution is 2.30. The molecule has 2 aromatic rings. The number of benzene rings is 1. The van der Waals surface area contributed by atoms with Gasteiger partial charge in [-0.3, -0.25) is 9.58 Å². The summed E-state index contributed by atoms with van der Waals surface area (Å²) in [4.78, 5) is 2.23. The number of ether oxygens (including phenoxy) is 1. The van der Waals surface area contributed by atoms with Gasteiger partial charge >= 0.3 is 0 Å². The second-order valence-corrected chi connectivity index (χ2v) is 6.19. The zero-order valence-corrected chi connectivity index (χ0v) is 14.2. The quantitative estimate of drug-likeness (QED) is 0.869. The lowest BCUT2D eigenvalue weighted by Crippen LogP contribution is -2.39. The molecule has 0 spiro atoms. The summed E-state index contributed by atoms with van der Waals surface area (Å²) in [6.45, 7) is 6.47. The minimum Gasteiger partial charge on any atom is -0.378 e. The summed E-state index contributed by atoms with van der Waals surface area (Å²) in [5.41, 5.74) is 4.18. The van der Waals surface area contributed by atoms with Crippen molar-refractivity contribution in [2.45, 2.75) is 26.4 Å². The summed E-state index contributed by atoms with van der Waals surface area (Å²) in [7, 11) is 1.93. The first-order valence-corrected chi connectivity index (χ1v) is 8.01. The van der Waals surface area contributed by atoms with Gasteiger partial charge in [0.15, 0.2) is 0 Å². The van der Waals surface area contributed by atoms with Crippen molar-refractivity contribution >= 4 is 0 Å². The molecule has 1 fully saturated rings. The zero-order valence-electron chi connectivity index (χ0n) is 14.2. The van der Waals surface area contributed by atoms with Crippen LogP contribution in [0.4, 0.5) is 4.39 Å². The molecule has 2 heterocycles. The van der Waals surface area contributed by atoms with Crippen LogP contribution in [0.3, 0.4) is 0 Å². The predicted molar refractivity (Wildman–Crippen MR) is 87.8 cm³/mol. The van der Waals surface area contributed by atoms with E-state index in [0.29, 0.717) is 30.9 Å². The van der Waals surface area contributed by atoms with Crippen molar-refractivity contribution in [1.29, 1.82) is 5.26 Å². The lowest BCUT2D eigenvalue weighted by Gasteiger charge is -2.36. The van der Waals surface area contributed by atoms with Crippen molar-refractivity contribution in [3.63, 3.8) is 0 Å². The molecule has 1 saturated heterocycles. The van der Waals surface area contributed by atoms with Crippen molar-refractivity contribution in [3.05, 3.63) is 52.1 Å². The van der Waals surface area contributed by atoms with E-state index in [9.17, 15) is 4.39 Å². The molecule has 6 heteroatoms. The summed E-state index contributed by atoms with van der Waals surface area (Å²) in [6.07, 6.45) is 0. The van der Waals surface area contributed by atoms with Crippen LogP contribution < -0.4 is 0 Å². The first-order valence-electron chi connectivity index (χ1n) is 8.01. The molecule has 1 atom stereocenters. The Morgan fingerprint density at radius 1 is 1.42 bits per heavy atom. The number of aromatic nitrogens is 2. The van der Waals surface area contributed by atoms with Gasteiger partial charge in [0, 0.05) is 37.0 Å². The number of nitriles is 1. The molecule has 0 N–H and O–H groups in total. The van der Waals surface area contributed by atoms with Crippen LogP contribution in [-0.4, -0.2) is 34.4 Å². The topological polar surface area (TPSA) is 54.1 Å². The summed E-state index contributed by atoms with van der Waals surface area (Å²) in [5, 5.41) is 13.4. The van der Waals surface area contributed by atoms with Gasteiger partial charge in [0.1, 0.15) is 5.82 Å². The third-order valence-electron chi connectivity index (χ3n) is 4.69. The van der Waals surface area contributed by atoms with Crippen molar-refractivity contribution in [2.75, 3.05) is 19.8 Å². The molecule has 1 aromatic heterocycles. The molecule has 0 aliphatic carbocycles. The largest absolute Gasteiger partial charge is 0.378 e. The fourth-order valence-electron chi connectivity index (χ4n) is 3.33. The Bertz CT molecular complexity index is 793. The zero-order chi connectivity index (χ0) is 17.3. The lowest BCUT2D eigenvalue weighted by atomic mass is 10.0. The minimum atomic E-state index is -0.334. The van der Waals surface area contributed by atoms with E-state index in [1.54, 1.807) is 12.1 Å². The van der Waals surface area contributed by atoms with E-state index < -0.39 is 0 Å². The third-order valence-corrected chi connectivity index (χ3v) is 4.69. The van der Waals surface area contributed by atoms with E-state index in [1.807, 2.05) is 31.6 Å². The van der Waals surface area contributed by atoms with Crippen LogP contribution in [0.25, 0.3) is 0 Å². The van der Waals surface area contributed by atoms with Gasteiger partial charge in [-0.1, -0.05) is 6.07 Å². The van der Waals surface area contributed by atoms with Crippen molar-refractivity contribution < 1.29 is 9.13 Å². The van der Waals surface area contributed by atoms with Crippen molar-refractivity contribution in [1.82, 2.24) is 14.7 Å². The summed E-state index contributed by atoms with van der Waals surface area (Å²) >= 11 is 0. The standard InChI is InChI=1S/C18H21FN4O/c1-12-18(13(2)22(3)21-12)17-11-24-7-6-23(17)10-15-5-4-14(9-20)8-16(15)19/h4-5,8,17H,6-7,10-11H2,1-3H3/t17-/m0/s1. The number of nitrogens with zero attached hydrogens (tertiary/aromatic N) is 4. The van der Waals surface area contributed by atoms with Gasteiger partial charge in [-0.15, -0.1) is 0 Å². The molecule has 5 nitrogen and oxygen atoms in total. The average Bonchev–Trinajstić information content (AvgIpc) is 2.82. The Balaban J connectivity index is 1.89. The maximum Gasteiger partial charge on any atom is 0.129 e. The van der Waals surface area contributed by atoms with Crippen LogP contribution >= 0.6 is 0 Å². The summed E-state index contributed by atoms with van der Waals surface area (Å²) < 4.78 is 21.8. The number of rotatable bonds is 3. The molecule has 0 bridgehead atoms. The van der Waals surface area contributed by atoms with E-state index in [-0.39, 0.29) is 11.9 Å².